The van der Waals surface area contributed by atoms with Crippen LogP contribution >= 0.6 is 0 Å². The van der Waals surface area contributed by atoms with E-state index in [9.17, 15) is 9.59 Å². The van der Waals surface area contributed by atoms with Gasteiger partial charge in [0.25, 0.3) is 5.91 Å². The van der Waals surface area contributed by atoms with Crippen LogP contribution < -0.4 is 16.2 Å². The molecule has 3 N–H and O–H groups in total. The second-order valence-corrected chi connectivity index (χ2v) is 5.13. The third-order valence-corrected chi connectivity index (χ3v) is 2.95. The summed E-state index contributed by atoms with van der Waals surface area (Å²) in [5, 5.41) is 6.14. The monoisotopic (exact) mass is 285 g/mol. The number of aromatic amines is 1. The highest BCUT2D eigenvalue weighted by atomic mass is 16.1. The lowest BCUT2D eigenvalue weighted by atomic mass is 10.2. The lowest BCUT2D eigenvalue weighted by Crippen LogP contribution is -2.22. The third kappa shape index (κ3) is 4.57. The fraction of sp³-hybridized carbons (Fsp3) is 0.250. The Labute approximate surface area is 123 Å². The second kappa shape index (κ2) is 6.85. The Hall–Kier alpha value is -2.40. The minimum absolute atomic E-state index is 0.228. The van der Waals surface area contributed by atoms with Crippen LogP contribution in [0.15, 0.2) is 47.4 Å². The summed E-state index contributed by atoms with van der Waals surface area (Å²) in [7, 11) is 0. The van der Waals surface area contributed by atoms with Gasteiger partial charge in [-0.2, -0.15) is 0 Å². The average Bonchev–Trinajstić information content (AvgIpc) is 2.46. The SMILES string of the molecule is CC(C)NCc1cccc(NC(=O)c2ccc(=O)[nH]c2)c1. The predicted octanol–water partition coefficient (Wildman–Crippen LogP) is 2.13. The first-order valence-electron chi connectivity index (χ1n) is 6.87. The van der Waals surface area contributed by atoms with E-state index in [0.29, 0.717) is 11.6 Å². The number of hydrogen-bond donors (Lipinski definition) is 3. The number of aromatic nitrogens is 1. The molecule has 5 nitrogen and oxygen atoms in total. The third-order valence-electron chi connectivity index (χ3n) is 2.95. The number of nitrogens with one attached hydrogen (secondary N) is 3. The van der Waals surface area contributed by atoms with Crippen molar-refractivity contribution < 1.29 is 4.79 Å². The van der Waals surface area contributed by atoms with Gasteiger partial charge in [0.15, 0.2) is 0 Å². The molecule has 0 bridgehead atoms. The number of carbonyl (C=O) groups is 1. The van der Waals surface area contributed by atoms with Crippen LogP contribution in [0.25, 0.3) is 0 Å². The molecule has 2 rings (SSSR count). The standard InChI is InChI=1S/C16H19N3O2/c1-11(2)17-9-12-4-3-5-14(8-12)19-16(21)13-6-7-15(20)18-10-13/h3-8,10-11,17H,9H2,1-2H3,(H,18,20)(H,19,21). The molecule has 5 heteroatoms. The van der Waals surface area contributed by atoms with Crippen molar-refractivity contribution >= 4 is 11.6 Å². The van der Waals surface area contributed by atoms with Gasteiger partial charge in [0.2, 0.25) is 5.56 Å². The summed E-state index contributed by atoms with van der Waals surface area (Å²) in [6.07, 6.45) is 1.40. The van der Waals surface area contributed by atoms with E-state index in [1.54, 1.807) is 0 Å². The van der Waals surface area contributed by atoms with Crippen molar-refractivity contribution in [3.8, 4) is 0 Å². The Bertz CT molecular complexity index is 657. The van der Waals surface area contributed by atoms with Crippen LogP contribution in [0, 0.1) is 0 Å². The van der Waals surface area contributed by atoms with Gasteiger partial charge in [0.05, 0.1) is 5.56 Å². The smallest absolute Gasteiger partial charge is 0.257 e. The number of benzene rings is 1. The Balaban J connectivity index is 2.05. The van der Waals surface area contributed by atoms with Crippen LogP contribution in [-0.2, 0) is 6.54 Å². The van der Waals surface area contributed by atoms with E-state index in [-0.39, 0.29) is 11.5 Å². The molecule has 21 heavy (non-hydrogen) atoms. The first-order chi connectivity index (χ1) is 10.0. The summed E-state index contributed by atoms with van der Waals surface area (Å²) in [6.45, 7) is 4.92. The first kappa shape index (κ1) is 15.0. The van der Waals surface area contributed by atoms with Crippen LogP contribution in [-0.4, -0.2) is 16.9 Å². The van der Waals surface area contributed by atoms with Crippen LogP contribution in [0.1, 0.15) is 29.8 Å². The summed E-state index contributed by atoms with van der Waals surface area (Å²) >= 11 is 0. The number of carbonyl (C=O) groups excluding carboxylic acids is 1. The van der Waals surface area contributed by atoms with Crippen molar-refractivity contribution in [1.29, 1.82) is 0 Å². The molecule has 1 amide bonds. The fourth-order valence-corrected chi connectivity index (χ4v) is 1.84. The molecular formula is C16H19N3O2. The first-order valence-corrected chi connectivity index (χ1v) is 6.87. The molecule has 110 valence electrons. The molecule has 0 saturated heterocycles. The van der Waals surface area contributed by atoms with Crippen LogP contribution in [0.2, 0.25) is 0 Å². The van der Waals surface area contributed by atoms with Gasteiger partial charge in [-0.15, -0.1) is 0 Å². The molecule has 0 aliphatic rings. The van der Waals surface area contributed by atoms with E-state index >= 15 is 0 Å². The Kier molecular flexibility index (Phi) is 4.90. The van der Waals surface area contributed by atoms with Gasteiger partial charge in [-0.05, 0) is 23.8 Å². The maximum Gasteiger partial charge on any atom is 0.257 e. The number of hydrogen-bond acceptors (Lipinski definition) is 3. The zero-order valence-electron chi connectivity index (χ0n) is 12.1. The van der Waals surface area contributed by atoms with Crippen molar-refractivity contribution in [3.05, 3.63) is 64.1 Å². The number of anilines is 1. The highest BCUT2D eigenvalue weighted by molar-refractivity contribution is 6.04. The lowest BCUT2D eigenvalue weighted by Gasteiger charge is -2.10. The zero-order chi connectivity index (χ0) is 15.2. The van der Waals surface area contributed by atoms with Crippen molar-refractivity contribution in [3.63, 3.8) is 0 Å². The maximum absolute atomic E-state index is 12.1. The Morgan fingerprint density at radius 2 is 2.05 bits per heavy atom. The van der Waals surface area contributed by atoms with E-state index in [4.69, 9.17) is 0 Å². The van der Waals surface area contributed by atoms with Gasteiger partial charge in [-0.1, -0.05) is 26.0 Å². The van der Waals surface area contributed by atoms with Gasteiger partial charge in [-0.3, -0.25) is 9.59 Å². The van der Waals surface area contributed by atoms with Crippen molar-refractivity contribution in [2.45, 2.75) is 26.4 Å². The Morgan fingerprint density at radius 3 is 2.71 bits per heavy atom. The topological polar surface area (TPSA) is 74.0 Å². The largest absolute Gasteiger partial charge is 0.328 e. The van der Waals surface area contributed by atoms with Gasteiger partial charge in [0, 0.05) is 30.5 Å². The minimum atomic E-state index is -0.250. The molecule has 0 radical (unpaired) electrons. The van der Waals surface area contributed by atoms with Crippen LogP contribution in [0.3, 0.4) is 0 Å². The lowest BCUT2D eigenvalue weighted by molar-refractivity contribution is 0.102. The molecule has 1 aromatic carbocycles. The highest BCUT2D eigenvalue weighted by Gasteiger charge is 2.06. The molecule has 0 spiro atoms. The molecular weight excluding hydrogens is 266 g/mol. The summed E-state index contributed by atoms with van der Waals surface area (Å²) in [5.41, 5.74) is 2.02. The molecule has 0 atom stereocenters. The van der Waals surface area contributed by atoms with Crippen LogP contribution in [0.4, 0.5) is 5.69 Å². The molecule has 0 aliphatic carbocycles. The predicted molar refractivity (Wildman–Crippen MR) is 83.4 cm³/mol. The van der Waals surface area contributed by atoms with Gasteiger partial charge in [-0.25, -0.2) is 0 Å². The molecule has 1 heterocycles. The summed E-state index contributed by atoms with van der Waals surface area (Å²) in [4.78, 5) is 25.5. The quantitative estimate of drug-likeness (QED) is 0.788. The van der Waals surface area contributed by atoms with Gasteiger partial charge >= 0.3 is 0 Å². The maximum atomic E-state index is 12.1. The molecule has 2 aromatic rings. The van der Waals surface area contributed by atoms with E-state index in [2.05, 4.69) is 29.5 Å². The molecule has 0 aliphatic heterocycles. The molecule has 0 saturated carbocycles. The zero-order valence-corrected chi connectivity index (χ0v) is 12.1. The van der Waals surface area contributed by atoms with E-state index < -0.39 is 0 Å². The average molecular weight is 285 g/mol. The molecule has 1 aromatic heterocycles. The number of amides is 1. The normalized spacial score (nSPS) is 10.6. The van der Waals surface area contributed by atoms with E-state index in [1.807, 2.05) is 24.3 Å². The van der Waals surface area contributed by atoms with Crippen molar-refractivity contribution in [2.24, 2.45) is 0 Å². The summed E-state index contributed by atoms with van der Waals surface area (Å²) in [5.74, 6) is -0.250. The van der Waals surface area contributed by atoms with Gasteiger partial charge < -0.3 is 15.6 Å². The van der Waals surface area contributed by atoms with Gasteiger partial charge in [0.1, 0.15) is 0 Å². The highest BCUT2D eigenvalue weighted by Crippen LogP contribution is 2.12. The van der Waals surface area contributed by atoms with E-state index in [1.165, 1.54) is 18.3 Å². The van der Waals surface area contributed by atoms with Crippen molar-refractivity contribution in [1.82, 2.24) is 10.3 Å². The van der Waals surface area contributed by atoms with E-state index in [0.717, 1.165) is 17.8 Å². The van der Waals surface area contributed by atoms with Crippen molar-refractivity contribution in [2.75, 3.05) is 5.32 Å². The van der Waals surface area contributed by atoms with Crippen LogP contribution in [0.5, 0.6) is 0 Å². The number of rotatable bonds is 5. The second-order valence-electron chi connectivity index (χ2n) is 5.13. The molecule has 0 fully saturated rings. The summed E-state index contributed by atoms with van der Waals surface area (Å²) in [6, 6.07) is 10.9. The molecule has 0 unspecified atom stereocenters. The Morgan fingerprint density at radius 1 is 1.24 bits per heavy atom. The number of pyridine rings is 1. The summed E-state index contributed by atoms with van der Waals surface area (Å²) < 4.78 is 0. The number of H-pyrrole nitrogens is 1. The fourth-order valence-electron chi connectivity index (χ4n) is 1.84. The minimum Gasteiger partial charge on any atom is -0.328 e.